The second-order valence-electron chi connectivity index (χ2n) is 5.09. The summed E-state index contributed by atoms with van der Waals surface area (Å²) in [5.41, 5.74) is 0.686. The summed E-state index contributed by atoms with van der Waals surface area (Å²) in [6, 6.07) is 4.60. The first-order chi connectivity index (χ1) is 9.51. The molecule has 1 aliphatic rings. The highest BCUT2D eigenvalue weighted by Crippen LogP contribution is 2.26. The van der Waals surface area contributed by atoms with Gasteiger partial charge in [-0.2, -0.15) is 0 Å². The molecule has 6 heteroatoms. The molecule has 0 radical (unpaired) electrons. The SMILES string of the molecule is CCC1CN(Cc2cc(Cl)ccc2[N+](=O)[O-])CCC1=O. The number of likely N-dealkylation sites (tertiary alicyclic amines) is 1. The molecule has 1 atom stereocenters. The molecule has 0 aliphatic carbocycles. The van der Waals surface area contributed by atoms with Crippen LogP contribution < -0.4 is 0 Å². The van der Waals surface area contributed by atoms with Crippen LogP contribution in [0.25, 0.3) is 0 Å². The van der Waals surface area contributed by atoms with Crippen molar-refractivity contribution in [3.05, 3.63) is 38.9 Å². The number of hydrogen-bond donors (Lipinski definition) is 0. The molecular formula is C14H17ClN2O3. The fourth-order valence-electron chi connectivity index (χ4n) is 2.58. The van der Waals surface area contributed by atoms with Gasteiger partial charge in [-0.1, -0.05) is 18.5 Å². The van der Waals surface area contributed by atoms with Gasteiger partial charge < -0.3 is 0 Å². The molecule has 2 rings (SSSR count). The van der Waals surface area contributed by atoms with Gasteiger partial charge >= 0.3 is 0 Å². The van der Waals surface area contributed by atoms with E-state index in [0.29, 0.717) is 42.4 Å². The summed E-state index contributed by atoms with van der Waals surface area (Å²) in [6.45, 7) is 3.77. The third-order valence-corrected chi connectivity index (χ3v) is 3.97. The van der Waals surface area contributed by atoms with Crippen molar-refractivity contribution < 1.29 is 9.72 Å². The fraction of sp³-hybridized carbons (Fsp3) is 0.500. The van der Waals surface area contributed by atoms with Crippen LogP contribution in [-0.2, 0) is 11.3 Å². The zero-order valence-electron chi connectivity index (χ0n) is 11.3. The second-order valence-corrected chi connectivity index (χ2v) is 5.52. The minimum Gasteiger partial charge on any atom is -0.299 e. The smallest absolute Gasteiger partial charge is 0.273 e. The molecular weight excluding hydrogens is 280 g/mol. The number of carbonyl (C=O) groups excluding carboxylic acids is 1. The number of Topliss-reactive ketones (excluding diaryl/α,β-unsaturated/α-hetero) is 1. The van der Waals surface area contributed by atoms with E-state index in [4.69, 9.17) is 11.6 Å². The van der Waals surface area contributed by atoms with Crippen molar-refractivity contribution in [2.45, 2.75) is 26.3 Å². The molecule has 1 fully saturated rings. The Balaban J connectivity index is 2.15. The van der Waals surface area contributed by atoms with Crippen molar-refractivity contribution in [2.75, 3.05) is 13.1 Å². The maximum absolute atomic E-state index is 11.7. The van der Waals surface area contributed by atoms with E-state index in [9.17, 15) is 14.9 Å². The fourth-order valence-corrected chi connectivity index (χ4v) is 2.77. The van der Waals surface area contributed by atoms with Crippen LogP contribution in [0, 0.1) is 16.0 Å². The number of nitro benzene ring substituents is 1. The summed E-state index contributed by atoms with van der Waals surface area (Å²) in [5.74, 6) is 0.339. The van der Waals surface area contributed by atoms with E-state index in [-0.39, 0.29) is 11.6 Å². The van der Waals surface area contributed by atoms with E-state index >= 15 is 0 Å². The van der Waals surface area contributed by atoms with Gasteiger partial charge in [0.1, 0.15) is 5.78 Å². The minimum atomic E-state index is -0.391. The molecule has 0 saturated carbocycles. The third-order valence-electron chi connectivity index (χ3n) is 3.73. The predicted octanol–water partition coefficient (Wildman–Crippen LogP) is 3.05. The van der Waals surface area contributed by atoms with Crippen LogP contribution in [0.5, 0.6) is 0 Å². The lowest BCUT2D eigenvalue weighted by Crippen LogP contribution is -2.40. The van der Waals surface area contributed by atoms with Gasteiger partial charge in [-0.25, -0.2) is 0 Å². The van der Waals surface area contributed by atoms with Crippen LogP contribution in [0.4, 0.5) is 5.69 Å². The standard InChI is InChI=1S/C14H17ClN2O3/c1-2-10-8-16(6-5-14(10)18)9-11-7-12(15)3-4-13(11)17(19)20/h3-4,7,10H,2,5-6,8-9H2,1H3. The van der Waals surface area contributed by atoms with Crippen molar-refractivity contribution in [1.82, 2.24) is 4.90 Å². The highest BCUT2D eigenvalue weighted by atomic mass is 35.5. The Bertz CT molecular complexity index is 533. The Morgan fingerprint density at radius 2 is 2.25 bits per heavy atom. The second kappa shape index (κ2) is 6.33. The van der Waals surface area contributed by atoms with E-state index < -0.39 is 4.92 Å². The number of nitrogens with zero attached hydrogens (tertiary/aromatic N) is 2. The van der Waals surface area contributed by atoms with Crippen LogP contribution in [0.15, 0.2) is 18.2 Å². The molecule has 1 aromatic rings. The summed E-state index contributed by atoms with van der Waals surface area (Å²) in [5, 5.41) is 11.5. The highest BCUT2D eigenvalue weighted by molar-refractivity contribution is 6.30. The summed E-state index contributed by atoms with van der Waals surface area (Å²) >= 11 is 5.92. The Labute approximate surface area is 122 Å². The first-order valence-corrected chi connectivity index (χ1v) is 7.07. The number of carbonyl (C=O) groups is 1. The summed E-state index contributed by atoms with van der Waals surface area (Å²) < 4.78 is 0. The van der Waals surface area contributed by atoms with Crippen LogP contribution in [0.3, 0.4) is 0 Å². The number of piperidine rings is 1. The predicted molar refractivity (Wildman–Crippen MR) is 76.8 cm³/mol. The molecule has 5 nitrogen and oxygen atoms in total. The first kappa shape index (κ1) is 14.9. The number of halogens is 1. The highest BCUT2D eigenvalue weighted by Gasteiger charge is 2.27. The van der Waals surface area contributed by atoms with E-state index in [1.165, 1.54) is 12.1 Å². The van der Waals surface area contributed by atoms with Gasteiger partial charge in [0.15, 0.2) is 0 Å². The van der Waals surface area contributed by atoms with E-state index in [1.54, 1.807) is 6.07 Å². The van der Waals surface area contributed by atoms with Gasteiger partial charge in [0, 0.05) is 48.6 Å². The summed E-state index contributed by atoms with van der Waals surface area (Å²) in [4.78, 5) is 24.4. The number of ketones is 1. The minimum absolute atomic E-state index is 0.0435. The topological polar surface area (TPSA) is 63.4 Å². The molecule has 0 amide bonds. The maximum Gasteiger partial charge on any atom is 0.273 e. The van der Waals surface area contributed by atoms with Crippen molar-refractivity contribution in [1.29, 1.82) is 0 Å². The third kappa shape index (κ3) is 3.35. The van der Waals surface area contributed by atoms with E-state index in [2.05, 4.69) is 4.90 Å². The quantitative estimate of drug-likeness (QED) is 0.633. The van der Waals surface area contributed by atoms with Gasteiger partial charge in [0.2, 0.25) is 0 Å². The summed E-state index contributed by atoms with van der Waals surface area (Å²) in [7, 11) is 0. The van der Waals surface area contributed by atoms with E-state index in [0.717, 1.165) is 6.42 Å². The molecule has 20 heavy (non-hydrogen) atoms. The number of rotatable bonds is 4. The number of benzene rings is 1. The molecule has 108 valence electrons. The molecule has 0 N–H and O–H groups in total. The lowest BCUT2D eigenvalue weighted by molar-refractivity contribution is -0.385. The van der Waals surface area contributed by atoms with E-state index in [1.807, 2.05) is 6.92 Å². The van der Waals surface area contributed by atoms with Gasteiger partial charge in [-0.15, -0.1) is 0 Å². The first-order valence-electron chi connectivity index (χ1n) is 6.69. The molecule has 1 heterocycles. The van der Waals surface area contributed by atoms with Crippen molar-refractivity contribution >= 4 is 23.1 Å². The molecule has 0 bridgehead atoms. The zero-order valence-corrected chi connectivity index (χ0v) is 12.1. The Morgan fingerprint density at radius 1 is 1.50 bits per heavy atom. The van der Waals surface area contributed by atoms with Crippen molar-refractivity contribution in [3.63, 3.8) is 0 Å². The van der Waals surface area contributed by atoms with Crippen molar-refractivity contribution in [2.24, 2.45) is 5.92 Å². The van der Waals surface area contributed by atoms with Gasteiger partial charge in [-0.05, 0) is 18.6 Å². The molecule has 1 aromatic carbocycles. The average Bonchev–Trinajstić information content (AvgIpc) is 2.40. The lowest BCUT2D eigenvalue weighted by Gasteiger charge is -2.31. The zero-order chi connectivity index (χ0) is 14.7. The van der Waals surface area contributed by atoms with Crippen molar-refractivity contribution in [3.8, 4) is 0 Å². The number of nitro groups is 1. The summed E-state index contributed by atoms with van der Waals surface area (Å²) in [6.07, 6.45) is 1.33. The normalized spacial score (nSPS) is 20.1. The largest absolute Gasteiger partial charge is 0.299 e. The Morgan fingerprint density at radius 3 is 2.90 bits per heavy atom. The molecule has 1 aliphatic heterocycles. The van der Waals surface area contributed by atoms with Crippen LogP contribution in [0.1, 0.15) is 25.3 Å². The maximum atomic E-state index is 11.7. The molecule has 1 saturated heterocycles. The van der Waals surface area contributed by atoms with Gasteiger partial charge in [-0.3, -0.25) is 19.8 Å². The molecule has 0 spiro atoms. The van der Waals surface area contributed by atoms with Gasteiger partial charge in [0.05, 0.1) is 4.92 Å². The lowest BCUT2D eigenvalue weighted by atomic mass is 9.94. The molecule has 1 unspecified atom stereocenters. The molecule has 0 aromatic heterocycles. The van der Waals surface area contributed by atoms with Crippen LogP contribution in [0.2, 0.25) is 5.02 Å². The average molecular weight is 297 g/mol. The Hall–Kier alpha value is -1.46. The Kier molecular flexibility index (Phi) is 4.73. The van der Waals surface area contributed by atoms with Crippen LogP contribution in [-0.4, -0.2) is 28.7 Å². The monoisotopic (exact) mass is 296 g/mol. The van der Waals surface area contributed by atoms with Crippen LogP contribution >= 0.6 is 11.6 Å². The number of hydrogen-bond acceptors (Lipinski definition) is 4. The van der Waals surface area contributed by atoms with Gasteiger partial charge in [0.25, 0.3) is 5.69 Å².